The number of carbonyl (C=O) groups is 1. The number of aromatic nitrogens is 1. The second-order valence-corrected chi connectivity index (χ2v) is 12.0. The van der Waals surface area contributed by atoms with Gasteiger partial charge in [-0.2, -0.15) is 0 Å². The molecule has 6 aromatic carbocycles. The van der Waals surface area contributed by atoms with E-state index in [1.54, 1.807) is 0 Å². The third-order valence-corrected chi connectivity index (χ3v) is 9.63. The zero-order valence-electron chi connectivity index (χ0n) is 25.5. The summed E-state index contributed by atoms with van der Waals surface area (Å²) in [5.74, 6) is 0.987. The highest BCUT2D eigenvalue weighted by Crippen LogP contribution is 2.56. The van der Waals surface area contributed by atoms with Crippen LogP contribution in [0.5, 0.6) is 11.5 Å². The minimum absolute atomic E-state index is 0.332. The van der Waals surface area contributed by atoms with Crippen LogP contribution in [0.25, 0.3) is 21.8 Å². The van der Waals surface area contributed by atoms with Crippen molar-refractivity contribution in [1.29, 1.82) is 0 Å². The van der Waals surface area contributed by atoms with Crippen LogP contribution >= 0.6 is 0 Å². The summed E-state index contributed by atoms with van der Waals surface area (Å²) in [6.07, 6.45) is 0.929. The van der Waals surface area contributed by atoms with E-state index in [1.807, 2.05) is 48.5 Å². The van der Waals surface area contributed by atoms with Gasteiger partial charge in [0.15, 0.2) is 5.60 Å². The van der Waals surface area contributed by atoms with Gasteiger partial charge < -0.3 is 9.47 Å². The Bertz CT molecular complexity index is 2320. The minimum Gasteiger partial charge on any atom is -0.456 e. The van der Waals surface area contributed by atoms with Crippen LogP contribution in [0.4, 0.5) is 11.4 Å². The van der Waals surface area contributed by atoms with Gasteiger partial charge in [-0.15, -0.1) is 0 Å². The van der Waals surface area contributed by atoms with Crippen LogP contribution in [-0.4, -0.2) is 10.6 Å². The van der Waals surface area contributed by atoms with Crippen LogP contribution in [0.2, 0.25) is 0 Å². The van der Waals surface area contributed by atoms with E-state index in [1.165, 1.54) is 21.9 Å². The minimum atomic E-state index is -1.11. The van der Waals surface area contributed by atoms with Gasteiger partial charge in [0.1, 0.15) is 11.5 Å². The highest BCUT2D eigenvalue weighted by Gasteiger charge is 2.53. The molecule has 0 radical (unpaired) electrons. The summed E-state index contributed by atoms with van der Waals surface area (Å²) < 4.78 is 15.4. The highest BCUT2D eigenvalue weighted by atomic mass is 16.6. The average Bonchev–Trinajstić information content (AvgIpc) is 3.58. The number of benzene rings is 6. The number of ether oxygens (including phenoxy) is 2. The normalized spacial score (nSPS) is 16.2. The lowest BCUT2D eigenvalue weighted by Crippen LogP contribution is -2.33. The van der Waals surface area contributed by atoms with E-state index >= 15 is 0 Å². The molecule has 0 saturated carbocycles. The van der Waals surface area contributed by atoms with Crippen LogP contribution in [-0.2, 0) is 16.8 Å². The molecule has 3 heterocycles. The number of rotatable bonds is 4. The first-order chi connectivity index (χ1) is 22.6. The van der Waals surface area contributed by atoms with Crippen molar-refractivity contribution in [3.8, 4) is 11.5 Å². The Morgan fingerprint density at radius 2 is 1.33 bits per heavy atom. The molecule has 0 aliphatic carbocycles. The lowest BCUT2D eigenvalue weighted by Gasteiger charge is -2.37. The van der Waals surface area contributed by atoms with Gasteiger partial charge in [0, 0.05) is 33.5 Å². The summed E-state index contributed by atoms with van der Waals surface area (Å²) in [4.78, 5) is 13.3. The Morgan fingerprint density at radius 3 is 2.09 bits per heavy atom. The molecule has 222 valence electrons. The van der Waals surface area contributed by atoms with Gasteiger partial charge in [0.25, 0.3) is 0 Å². The molecule has 2 aliphatic rings. The molecule has 0 saturated heterocycles. The van der Waals surface area contributed by atoms with Crippen molar-refractivity contribution < 1.29 is 14.3 Å². The maximum absolute atomic E-state index is 13.3. The first-order valence-corrected chi connectivity index (χ1v) is 15.7. The van der Waals surface area contributed by atoms with Crippen LogP contribution in [0.3, 0.4) is 0 Å². The summed E-state index contributed by atoms with van der Waals surface area (Å²) in [6.45, 7) is 4.39. The number of para-hydroxylation sites is 3. The van der Waals surface area contributed by atoms with Crippen LogP contribution in [0, 0.1) is 6.92 Å². The quantitative estimate of drug-likeness (QED) is 0.189. The van der Waals surface area contributed by atoms with Gasteiger partial charge in [0.2, 0.25) is 0 Å². The molecule has 1 spiro atoms. The molecule has 1 atom stereocenters. The maximum Gasteiger partial charge on any atom is 0.340 e. The molecule has 0 amide bonds. The zero-order valence-corrected chi connectivity index (χ0v) is 25.5. The number of fused-ring (bicyclic) bond motifs is 9. The largest absolute Gasteiger partial charge is 0.456 e. The van der Waals surface area contributed by atoms with Crippen molar-refractivity contribution in [3.05, 3.63) is 167 Å². The second-order valence-electron chi connectivity index (χ2n) is 12.0. The van der Waals surface area contributed by atoms with E-state index in [-0.39, 0.29) is 5.97 Å². The third-order valence-electron chi connectivity index (χ3n) is 9.63. The Hall–Kier alpha value is -5.81. The van der Waals surface area contributed by atoms with Gasteiger partial charge in [-0.3, -0.25) is 0 Å². The number of aryl methyl sites for hydroxylation is 1. The van der Waals surface area contributed by atoms with Crippen molar-refractivity contribution in [2.24, 2.45) is 0 Å². The molecule has 5 heteroatoms. The molecular weight excluding hydrogens is 568 g/mol. The van der Waals surface area contributed by atoms with E-state index in [2.05, 4.69) is 108 Å². The van der Waals surface area contributed by atoms with E-state index in [4.69, 9.17) is 9.47 Å². The van der Waals surface area contributed by atoms with Crippen molar-refractivity contribution in [2.45, 2.75) is 25.9 Å². The summed E-state index contributed by atoms with van der Waals surface area (Å²) in [5.41, 5.74) is 8.63. The van der Waals surface area contributed by atoms with Gasteiger partial charge >= 0.3 is 5.97 Å². The summed E-state index contributed by atoms with van der Waals surface area (Å²) in [5, 5.41) is 4.66. The Kier molecular flexibility index (Phi) is 5.69. The molecule has 2 aliphatic heterocycles. The van der Waals surface area contributed by atoms with Gasteiger partial charge in [-0.1, -0.05) is 91.9 Å². The average molecular weight is 599 g/mol. The van der Waals surface area contributed by atoms with Gasteiger partial charge in [-0.25, -0.2) is 14.5 Å². The smallest absolute Gasteiger partial charge is 0.340 e. The predicted molar refractivity (Wildman–Crippen MR) is 182 cm³/mol. The van der Waals surface area contributed by atoms with Crippen LogP contribution in [0.15, 0.2) is 133 Å². The summed E-state index contributed by atoms with van der Waals surface area (Å²) in [6, 6.07) is 45.4. The Morgan fingerprint density at radius 1 is 0.674 bits per heavy atom. The fourth-order valence-corrected chi connectivity index (χ4v) is 7.51. The first-order valence-electron chi connectivity index (χ1n) is 15.7. The van der Waals surface area contributed by atoms with Crippen LogP contribution < -0.4 is 9.75 Å². The second kappa shape index (κ2) is 9.85. The molecule has 0 fully saturated rings. The number of anilines is 2. The van der Waals surface area contributed by atoms with Gasteiger partial charge in [0.05, 0.1) is 28.0 Å². The monoisotopic (exact) mass is 598 g/mol. The van der Waals surface area contributed by atoms with E-state index < -0.39 is 5.60 Å². The zero-order chi connectivity index (χ0) is 31.0. The van der Waals surface area contributed by atoms with E-state index in [0.717, 1.165) is 45.5 Å². The molecule has 7 aromatic rings. The highest BCUT2D eigenvalue weighted by molar-refractivity contribution is 6.09. The molecule has 1 aromatic heterocycles. The van der Waals surface area contributed by atoms with E-state index in [9.17, 15) is 4.79 Å². The van der Waals surface area contributed by atoms with Crippen molar-refractivity contribution in [3.63, 3.8) is 0 Å². The third kappa shape index (κ3) is 3.54. The fourth-order valence-electron chi connectivity index (χ4n) is 7.51. The molecule has 0 bridgehead atoms. The molecular formula is C41H30N2O3. The summed E-state index contributed by atoms with van der Waals surface area (Å²) >= 11 is 0. The SMILES string of the molecule is CCc1cccc(N(c2ccc3c(c2)Oc2ccccc2C32OC(=O)c3ccccc32)n2c3ccccc3c3ccccc32)c1C. The molecule has 46 heavy (non-hydrogen) atoms. The number of carbonyl (C=O) groups excluding carboxylic acids is 1. The van der Waals surface area contributed by atoms with Crippen molar-refractivity contribution >= 4 is 39.1 Å². The topological polar surface area (TPSA) is 43.7 Å². The van der Waals surface area contributed by atoms with Gasteiger partial charge in [-0.05, 0) is 66.9 Å². The maximum atomic E-state index is 13.3. The molecule has 1 unspecified atom stereocenters. The standard InChI is InChI=1S/C41H30N2O3/c1-3-27-13-12-21-35(26(27)2)42(43-36-19-9-5-14-29(36)30-15-6-10-20-37(30)43)28-23-24-34-39(25-28)45-38-22-11-8-18-33(38)41(34)32-17-7-4-16-31(32)40(44)46-41/h4-25H,3H2,1-2H3. The fraction of sp³-hybridized carbons (Fsp3) is 0.0976. The lowest BCUT2D eigenvalue weighted by atomic mass is 9.77. The predicted octanol–water partition coefficient (Wildman–Crippen LogP) is 9.83. The van der Waals surface area contributed by atoms with Crippen LogP contribution in [0.1, 0.15) is 45.1 Å². The number of hydrogen-bond acceptors (Lipinski definition) is 4. The Balaban J connectivity index is 1.34. The Labute approximate surface area is 266 Å². The van der Waals surface area contributed by atoms with Crippen molar-refractivity contribution in [1.82, 2.24) is 4.68 Å². The number of nitrogens with zero attached hydrogens (tertiary/aromatic N) is 2. The van der Waals surface area contributed by atoms with Crippen molar-refractivity contribution in [2.75, 3.05) is 5.01 Å². The first kappa shape index (κ1) is 26.6. The molecule has 5 nitrogen and oxygen atoms in total. The number of esters is 1. The molecule has 9 rings (SSSR count). The lowest BCUT2D eigenvalue weighted by molar-refractivity contribution is 0.0224. The van der Waals surface area contributed by atoms with E-state index in [0.29, 0.717) is 17.1 Å². The molecule has 0 N–H and O–H groups in total. The number of hydrogen-bond donors (Lipinski definition) is 0. The summed E-state index contributed by atoms with van der Waals surface area (Å²) in [7, 11) is 0.